The lowest BCUT2D eigenvalue weighted by Crippen LogP contribution is -2.14. The minimum absolute atomic E-state index is 0.201. The molecule has 2 aromatic rings. The molecule has 0 fully saturated rings. The predicted octanol–water partition coefficient (Wildman–Crippen LogP) is 5.62. The van der Waals surface area contributed by atoms with Crippen molar-refractivity contribution in [3.8, 4) is 0 Å². The van der Waals surface area contributed by atoms with Gasteiger partial charge in [-0.05, 0) is 37.6 Å². The SMILES string of the molecule is CCOP(=O)(OCC)C1OC(c2ccccc2)=Cc2ccc(F)cc21. The molecule has 1 unspecified atom stereocenters. The fourth-order valence-corrected chi connectivity index (χ4v) is 4.64. The standard InChI is InChI=1S/C19H20FO4P/c1-3-22-25(21,23-4-2)19-17-13-16(20)11-10-15(17)12-18(24-19)14-8-6-5-7-9-14/h5-13,19H,3-4H2,1-2H3. The van der Waals surface area contributed by atoms with Gasteiger partial charge in [0.15, 0.2) is 0 Å². The van der Waals surface area contributed by atoms with Crippen LogP contribution in [0.2, 0.25) is 0 Å². The Morgan fingerprint density at radius 3 is 2.40 bits per heavy atom. The third-order valence-electron chi connectivity index (χ3n) is 3.80. The van der Waals surface area contributed by atoms with E-state index in [1.54, 1.807) is 19.9 Å². The van der Waals surface area contributed by atoms with Crippen molar-refractivity contribution in [3.05, 3.63) is 71.0 Å². The molecule has 4 nitrogen and oxygen atoms in total. The summed E-state index contributed by atoms with van der Waals surface area (Å²) in [6, 6.07) is 13.8. The number of fused-ring (bicyclic) bond motifs is 1. The molecule has 0 radical (unpaired) electrons. The van der Waals surface area contributed by atoms with Crippen LogP contribution >= 0.6 is 7.60 Å². The molecule has 1 aliphatic rings. The van der Waals surface area contributed by atoms with E-state index < -0.39 is 19.3 Å². The first-order chi connectivity index (χ1) is 12.1. The van der Waals surface area contributed by atoms with Crippen molar-refractivity contribution in [1.29, 1.82) is 0 Å². The molecule has 132 valence electrons. The van der Waals surface area contributed by atoms with E-state index in [1.165, 1.54) is 12.1 Å². The lowest BCUT2D eigenvalue weighted by Gasteiger charge is -2.31. The lowest BCUT2D eigenvalue weighted by molar-refractivity contribution is 0.145. The molecule has 0 saturated heterocycles. The summed E-state index contributed by atoms with van der Waals surface area (Å²) in [6.07, 6.45) is 1.81. The van der Waals surface area contributed by atoms with Gasteiger partial charge in [0.1, 0.15) is 11.6 Å². The third-order valence-corrected chi connectivity index (χ3v) is 6.00. The molecule has 0 aliphatic carbocycles. The Bertz CT molecular complexity index is 809. The van der Waals surface area contributed by atoms with Crippen LogP contribution < -0.4 is 0 Å². The highest BCUT2D eigenvalue weighted by Crippen LogP contribution is 2.64. The van der Waals surface area contributed by atoms with Crippen molar-refractivity contribution in [3.63, 3.8) is 0 Å². The molecule has 2 aromatic carbocycles. The van der Waals surface area contributed by atoms with Crippen LogP contribution in [0, 0.1) is 5.82 Å². The predicted molar refractivity (Wildman–Crippen MR) is 95.4 cm³/mol. The first-order valence-electron chi connectivity index (χ1n) is 8.19. The van der Waals surface area contributed by atoms with E-state index in [9.17, 15) is 8.96 Å². The van der Waals surface area contributed by atoms with Gasteiger partial charge < -0.3 is 13.8 Å². The van der Waals surface area contributed by atoms with Crippen LogP contribution in [-0.4, -0.2) is 13.2 Å². The molecular weight excluding hydrogens is 342 g/mol. The highest BCUT2D eigenvalue weighted by atomic mass is 31.2. The first kappa shape index (κ1) is 17.9. The number of rotatable bonds is 6. The lowest BCUT2D eigenvalue weighted by atomic mass is 10.0. The second-order valence-electron chi connectivity index (χ2n) is 5.49. The molecule has 25 heavy (non-hydrogen) atoms. The van der Waals surface area contributed by atoms with Gasteiger partial charge in [-0.25, -0.2) is 4.39 Å². The van der Waals surface area contributed by atoms with Crippen molar-refractivity contribution in [1.82, 2.24) is 0 Å². The van der Waals surface area contributed by atoms with E-state index in [1.807, 2.05) is 36.4 Å². The highest BCUT2D eigenvalue weighted by Gasteiger charge is 2.42. The van der Waals surface area contributed by atoms with Crippen molar-refractivity contribution in [2.45, 2.75) is 19.7 Å². The van der Waals surface area contributed by atoms with Crippen LogP contribution in [0.3, 0.4) is 0 Å². The minimum atomic E-state index is -3.63. The second-order valence-corrected chi connectivity index (χ2v) is 7.56. The summed E-state index contributed by atoms with van der Waals surface area (Å²) in [4.78, 5) is 0. The monoisotopic (exact) mass is 362 g/mol. The maximum absolute atomic E-state index is 13.8. The Balaban J connectivity index is 2.11. The Hall–Kier alpha value is -1.94. The maximum atomic E-state index is 13.8. The van der Waals surface area contributed by atoms with Gasteiger partial charge in [0.2, 0.25) is 5.85 Å². The van der Waals surface area contributed by atoms with Gasteiger partial charge in [0, 0.05) is 11.1 Å². The molecule has 1 heterocycles. The molecule has 0 N–H and O–H groups in total. The van der Waals surface area contributed by atoms with Gasteiger partial charge in [0.05, 0.1) is 13.2 Å². The zero-order valence-electron chi connectivity index (χ0n) is 14.1. The zero-order valence-corrected chi connectivity index (χ0v) is 15.0. The number of ether oxygens (including phenoxy) is 1. The van der Waals surface area contributed by atoms with E-state index >= 15 is 0 Å². The average molecular weight is 362 g/mol. The van der Waals surface area contributed by atoms with E-state index in [4.69, 9.17) is 13.8 Å². The number of halogens is 1. The summed E-state index contributed by atoms with van der Waals surface area (Å²) >= 11 is 0. The van der Waals surface area contributed by atoms with Crippen LogP contribution in [0.25, 0.3) is 11.8 Å². The molecule has 6 heteroatoms. The van der Waals surface area contributed by atoms with Crippen LogP contribution in [0.1, 0.15) is 36.4 Å². The molecule has 0 amide bonds. The Labute approximate surface area is 146 Å². The summed E-state index contributed by atoms with van der Waals surface area (Å²) in [5, 5.41) is 0. The first-order valence-corrected chi connectivity index (χ1v) is 9.80. The van der Waals surface area contributed by atoms with E-state index in [0.717, 1.165) is 11.1 Å². The van der Waals surface area contributed by atoms with E-state index in [-0.39, 0.29) is 13.2 Å². The van der Waals surface area contributed by atoms with Gasteiger partial charge in [0.25, 0.3) is 0 Å². The molecule has 3 rings (SSSR count). The van der Waals surface area contributed by atoms with Crippen molar-refractivity contribution >= 4 is 19.4 Å². The highest BCUT2D eigenvalue weighted by molar-refractivity contribution is 7.54. The normalized spacial score (nSPS) is 16.8. The van der Waals surface area contributed by atoms with E-state index in [0.29, 0.717) is 11.3 Å². The Morgan fingerprint density at radius 2 is 1.76 bits per heavy atom. The molecular formula is C19H20FO4P. The molecule has 1 atom stereocenters. The smallest absolute Gasteiger partial charge is 0.375 e. The number of hydrogen-bond acceptors (Lipinski definition) is 4. The van der Waals surface area contributed by atoms with Crippen molar-refractivity contribution < 1.29 is 22.7 Å². The number of hydrogen-bond donors (Lipinski definition) is 0. The topological polar surface area (TPSA) is 44.8 Å². The minimum Gasteiger partial charge on any atom is -0.472 e. The van der Waals surface area contributed by atoms with Crippen LogP contribution in [-0.2, 0) is 18.3 Å². The Kier molecular flexibility index (Phi) is 5.38. The molecule has 1 aliphatic heterocycles. The quantitative estimate of drug-likeness (QED) is 0.626. The van der Waals surface area contributed by atoms with E-state index in [2.05, 4.69) is 0 Å². The van der Waals surface area contributed by atoms with Gasteiger partial charge in [-0.15, -0.1) is 0 Å². The average Bonchev–Trinajstić information content (AvgIpc) is 2.62. The third kappa shape index (κ3) is 3.69. The fraction of sp³-hybridized carbons (Fsp3) is 0.263. The summed E-state index contributed by atoms with van der Waals surface area (Å²) in [6.45, 7) is 3.86. The van der Waals surface area contributed by atoms with Crippen LogP contribution in [0.15, 0.2) is 48.5 Å². The van der Waals surface area contributed by atoms with Crippen molar-refractivity contribution in [2.75, 3.05) is 13.2 Å². The molecule has 0 saturated carbocycles. The molecule has 0 spiro atoms. The van der Waals surface area contributed by atoms with Gasteiger partial charge in [-0.3, -0.25) is 4.57 Å². The largest absolute Gasteiger partial charge is 0.472 e. The summed E-state index contributed by atoms with van der Waals surface area (Å²) in [5.74, 6) is -0.897. The Morgan fingerprint density at radius 1 is 1.08 bits per heavy atom. The maximum Gasteiger partial charge on any atom is 0.375 e. The second kappa shape index (κ2) is 7.52. The summed E-state index contributed by atoms with van der Waals surface area (Å²) < 4.78 is 44.0. The van der Waals surface area contributed by atoms with Gasteiger partial charge >= 0.3 is 7.60 Å². The summed E-state index contributed by atoms with van der Waals surface area (Å²) in [5.41, 5.74) is 2.03. The fourth-order valence-electron chi connectivity index (χ4n) is 2.77. The number of benzene rings is 2. The van der Waals surface area contributed by atoms with Crippen LogP contribution in [0.4, 0.5) is 4.39 Å². The van der Waals surface area contributed by atoms with Gasteiger partial charge in [-0.2, -0.15) is 0 Å². The molecule has 0 bridgehead atoms. The van der Waals surface area contributed by atoms with Crippen LogP contribution in [0.5, 0.6) is 0 Å². The molecule has 0 aromatic heterocycles. The zero-order chi connectivity index (χ0) is 17.9. The summed E-state index contributed by atoms with van der Waals surface area (Å²) in [7, 11) is -3.63. The van der Waals surface area contributed by atoms with Gasteiger partial charge in [-0.1, -0.05) is 36.4 Å². The van der Waals surface area contributed by atoms with Crippen molar-refractivity contribution in [2.24, 2.45) is 0 Å².